The number of carbonyl (C=O) groups excluding carboxylic acids is 1. The minimum absolute atomic E-state index is 0.323. The molecule has 106 valence electrons. The second-order valence-corrected chi connectivity index (χ2v) is 5.52. The van der Waals surface area contributed by atoms with Crippen molar-refractivity contribution in [3.8, 4) is 0 Å². The predicted octanol–water partition coefficient (Wildman–Crippen LogP) is 1.29. The zero-order valence-corrected chi connectivity index (χ0v) is 12.1. The van der Waals surface area contributed by atoms with Crippen LogP contribution in [0.1, 0.15) is 32.5 Å². The van der Waals surface area contributed by atoms with Gasteiger partial charge >= 0.3 is 5.97 Å². The lowest BCUT2D eigenvalue weighted by Gasteiger charge is -2.14. The van der Waals surface area contributed by atoms with Gasteiger partial charge in [0.1, 0.15) is 6.04 Å². The average Bonchev–Trinajstić information content (AvgIpc) is 2.75. The molecule has 7 heteroatoms. The Balaban J connectivity index is 2.50. The molecule has 0 radical (unpaired) electrons. The molecule has 1 aromatic heterocycles. The van der Waals surface area contributed by atoms with Gasteiger partial charge in [-0.1, -0.05) is 0 Å². The van der Waals surface area contributed by atoms with E-state index in [1.165, 1.54) is 18.7 Å². The van der Waals surface area contributed by atoms with Crippen molar-refractivity contribution in [2.45, 2.75) is 38.6 Å². The van der Waals surface area contributed by atoms with Crippen molar-refractivity contribution in [3.63, 3.8) is 0 Å². The summed E-state index contributed by atoms with van der Waals surface area (Å²) in [7, 11) is 0. The Morgan fingerprint density at radius 2 is 2.21 bits per heavy atom. The number of thioether (sulfide) groups is 1. The van der Waals surface area contributed by atoms with Crippen LogP contribution in [0.5, 0.6) is 0 Å². The highest BCUT2D eigenvalue weighted by molar-refractivity contribution is 7.98. The molecule has 2 N–H and O–H groups in total. The van der Waals surface area contributed by atoms with Crippen molar-refractivity contribution < 1.29 is 14.7 Å². The number of carbonyl (C=O) groups is 2. The van der Waals surface area contributed by atoms with Gasteiger partial charge in [0.15, 0.2) is 0 Å². The summed E-state index contributed by atoms with van der Waals surface area (Å²) < 4.78 is 2.04. The molecule has 0 aromatic carbocycles. The highest BCUT2D eigenvalue weighted by Crippen LogP contribution is 2.16. The summed E-state index contributed by atoms with van der Waals surface area (Å²) in [5, 5.41) is 11.4. The Morgan fingerprint density at radius 1 is 1.53 bits per heavy atom. The number of aliphatic carboxylic acids is 1. The summed E-state index contributed by atoms with van der Waals surface area (Å²) in [5.74, 6) is -0.347. The maximum atomic E-state index is 11.0. The molecule has 0 unspecified atom stereocenters. The van der Waals surface area contributed by atoms with Gasteiger partial charge in [0.25, 0.3) is 0 Å². The summed E-state index contributed by atoms with van der Waals surface area (Å²) in [6, 6.07) is -0.526. The number of rotatable bonds is 7. The van der Waals surface area contributed by atoms with E-state index in [1.807, 2.05) is 4.57 Å². The normalized spacial score (nSPS) is 12.4. The molecule has 0 fully saturated rings. The predicted molar refractivity (Wildman–Crippen MR) is 74.0 cm³/mol. The highest BCUT2D eigenvalue weighted by Gasteiger charge is 2.18. The first-order valence-corrected chi connectivity index (χ1v) is 7.15. The van der Waals surface area contributed by atoms with Crippen LogP contribution in [-0.2, 0) is 15.3 Å². The topological polar surface area (TPSA) is 84.2 Å². The van der Waals surface area contributed by atoms with Crippen molar-refractivity contribution in [2.75, 3.05) is 5.75 Å². The van der Waals surface area contributed by atoms with Gasteiger partial charge in [-0.2, -0.15) is 11.8 Å². The van der Waals surface area contributed by atoms with E-state index >= 15 is 0 Å². The van der Waals surface area contributed by atoms with Gasteiger partial charge in [-0.3, -0.25) is 4.79 Å². The van der Waals surface area contributed by atoms with Crippen LogP contribution in [0.3, 0.4) is 0 Å². The van der Waals surface area contributed by atoms with Crippen LogP contribution < -0.4 is 5.32 Å². The lowest BCUT2D eigenvalue weighted by molar-refractivity contribution is -0.140. The van der Waals surface area contributed by atoms with E-state index in [2.05, 4.69) is 24.1 Å². The highest BCUT2D eigenvalue weighted by atomic mass is 32.2. The maximum Gasteiger partial charge on any atom is 0.327 e. The van der Waals surface area contributed by atoms with Gasteiger partial charge < -0.3 is 15.0 Å². The van der Waals surface area contributed by atoms with Crippen molar-refractivity contribution in [2.24, 2.45) is 0 Å². The summed E-state index contributed by atoms with van der Waals surface area (Å²) >= 11 is 1.46. The Kier molecular flexibility index (Phi) is 5.88. The quantitative estimate of drug-likeness (QED) is 0.788. The van der Waals surface area contributed by atoms with Gasteiger partial charge in [-0.25, -0.2) is 9.78 Å². The van der Waals surface area contributed by atoms with E-state index in [1.54, 1.807) is 12.5 Å². The fourth-order valence-electron chi connectivity index (χ4n) is 1.61. The van der Waals surface area contributed by atoms with E-state index in [9.17, 15) is 9.59 Å². The largest absolute Gasteiger partial charge is 0.480 e. The van der Waals surface area contributed by atoms with Gasteiger partial charge in [0.2, 0.25) is 5.91 Å². The first-order valence-electron chi connectivity index (χ1n) is 6.00. The van der Waals surface area contributed by atoms with Crippen LogP contribution in [0.4, 0.5) is 0 Å². The van der Waals surface area contributed by atoms with Gasteiger partial charge in [0, 0.05) is 36.4 Å². The number of carboxylic acids is 1. The Hall–Kier alpha value is -1.50. The average molecular weight is 285 g/mol. The number of nitrogens with one attached hydrogen (secondary N) is 1. The van der Waals surface area contributed by atoms with E-state index in [0.29, 0.717) is 17.5 Å². The number of amides is 1. The second-order valence-electron chi connectivity index (χ2n) is 4.49. The maximum absolute atomic E-state index is 11.0. The van der Waals surface area contributed by atoms with Crippen molar-refractivity contribution in [1.29, 1.82) is 0 Å². The third kappa shape index (κ3) is 4.94. The summed E-state index contributed by atoms with van der Waals surface area (Å²) in [4.78, 5) is 25.9. The Labute approximate surface area is 116 Å². The number of hydrogen-bond acceptors (Lipinski definition) is 4. The fourth-order valence-corrected chi connectivity index (χ4v) is 2.62. The first kappa shape index (κ1) is 15.6. The molecule has 0 saturated heterocycles. The summed E-state index contributed by atoms with van der Waals surface area (Å²) in [6.45, 7) is 5.44. The molecular weight excluding hydrogens is 266 g/mol. The fraction of sp³-hybridized carbons (Fsp3) is 0.583. The minimum atomic E-state index is -1.01. The summed E-state index contributed by atoms with van der Waals surface area (Å²) in [6.07, 6.45) is 3.55. The zero-order valence-electron chi connectivity index (χ0n) is 11.3. The van der Waals surface area contributed by atoms with Crippen molar-refractivity contribution >= 4 is 23.6 Å². The SMILES string of the molecule is CC(=O)N[C@@H](CSCc1cncn1C(C)C)C(=O)O. The molecule has 6 nitrogen and oxygen atoms in total. The molecule has 1 heterocycles. The molecule has 0 aliphatic heterocycles. The Bertz CT molecular complexity index is 445. The number of aromatic nitrogens is 2. The van der Waals surface area contributed by atoms with Crippen LogP contribution in [0, 0.1) is 0 Å². The van der Waals surface area contributed by atoms with Gasteiger partial charge in [-0.15, -0.1) is 0 Å². The van der Waals surface area contributed by atoms with Crippen LogP contribution in [0.2, 0.25) is 0 Å². The first-order chi connectivity index (χ1) is 8.91. The molecule has 0 spiro atoms. The molecule has 1 amide bonds. The summed E-state index contributed by atoms with van der Waals surface area (Å²) in [5.41, 5.74) is 1.05. The lowest BCUT2D eigenvalue weighted by atomic mass is 10.3. The van der Waals surface area contributed by atoms with E-state index in [0.717, 1.165) is 5.69 Å². The lowest BCUT2D eigenvalue weighted by Crippen LogP contribution is -2.41. The van der Waals surface area contributed by atoms with E-state index in [4.69, 9.17) is 5.11 Å². The molecule has 0 saturated carbocycles. The molecular formula is C12H19N3O3S. The molecule has 1 rings (SSSR count). The van der Waals surface area contributed by atoms with Crippen LogP contribution in [-0.4, -0.2) is 38.3 Å². The van der Waals surface area contributed by atoms with Crippen LogP contribution in [0.15, 0.2) is 12.5 Å². The third-order valence-corrected chi connectivity index (χ3v) is 3.58. The van der Waals surface area contributed by atoms with Crippen molar-refractivity contribution in [3.05, 3.63) is 18.2 Å². The van der Waals surface area contributed by atoms with Crippen LogP contribution in [0.25, 0.3) is 0 Å². The van der Waals surface area contributed by atoms with Crippen molar-refractivity contribution in [1.82, 2.24) is 14.9 Å². The molecule has 0 aliphatic rings. The molecule has 1 atom stereocenters. The monoisotopic (exact) mass is 285 g/mol. The second kappa shape index (κ2) is 7.18. The standard InChI is InChI=1S/C12H19N3O3S/c1-8(2)15-7-13-4-10(15)5-19-6-11(12(17)18)14-9(3)16/h4,7-8,11H,5-6H2,1-3H3,(H,14,16)(H,17,18)/t11-/m0/s1. The number of hydrogen-bond donors (Lipinski definition) is 2. The number of nitrogens with zero attached hydrogens (tertiary/aromatic N) is 2. The minimum Gasteiger partial charge on any atom is -0.480 e. The number of imidazole rings is 1. The van der Waals surface area contributed by atoms with Gasteiger partial charge in [0.05, 0.1) is 6.33 Å². The molecule has 0 aliphatic carbocycles. The van der Waals surface area contributed by atoms with E-state index in [-0.39, 0.29) is 5.91 Å². The smallest absolute Gasteiger partial charge is 0.327 e. The number of carboxylic acid groups (broad SMARTS) is 1. The molecule has 19 heavy (non-hydrogen) atoms. The molecule has 0 bridgehead atoms. The van der Waals surface area contributed by atoms with Crippen LogP contribution >= 0.6 is 11.8 Å². The third-order valence-electron chi connectivity index (χ3n) is 2.51. The van der Waals surface area contributed by atoms with Gasteiger partial charge in [-0.05, 0) is 13.8 Å². The molecule has 1 aromatic rings. The Morgan fingerprint density at radius 3 is 2.74 bits per heavy atom. The van der Waals surface area contributed by atoms with E-state index < -0.39 is 12.0 Å². The zero-order chi connectivity index (χ0) is 14.4.